The molecule has 3 N–H and O–H groups in total. The Labute approximate surface area is 102 Å². The van der Waals surface area contributed by atoms with Crippen LogP contribution < -0.4 is 11.1 Å². The van der Waals surface area contributed by atoms with Crippen LogP contribution in [0.2, 0.25) is 0 Å². The second-order valence-corrected chi connectivity index (χ2v) is 5.14. The van der Waals surface area contributed by atoms with Crippen LogP contribution in [0.3, 0.4) is 0 Å². The molecular weight excluding hydrogens is 212 g/mol. The Morgan fingerprint density at radius 3 is 2.71 bits per heavy atom. The predicted molar refractivity (Wildman–Crippen MR) is 69.6 cm³/mol. The van der Waals surface area contributed by atoms with E-state index in [9.17, 15) is 4.79 Å². The second kappa shape index (κ2) is 4.78. The summed E-state index contributed by atoms with van der Waals surface area (Å²) in [5.41, 5.74) is 6.03. The molecule has 1 saturated carbocycles. The third-order valence-electron chi connectivity index (χ3n) is 3.63. The Morgan fingerprint density at radius 1 is 1.41 bits per heavy atom. The number of carbonyl (C=O) groups is 1. The number of hydrogen-bond donors (Lipinski definition) is 2. The molecular formula is C14H20N2O. The van der Waals surface area contributed by atoms with Gasteiger partial charge in [0, 0.05) is 5.69 Å². The highest BCUT2D eigenvalue weighted by Crippen LogP contribution is 2.34. The van der Waals surface area contributed by atoms with Gasteiger partial charge in [0.25, 0.3) is 0 Å². The average Bonchev–Trinajstić information content (AvgIpc) is 2.30. The summed E-state index contributed by atoms with van der Waals surface area (Å²) in [6, 6.07) is 9.84. The fraction of sp³-hybridized carbons (Fsp3) is 0.500. The van der Waals surface area contributed by atoms with E-state index in [1.165, 1.54) is 6.42 Å². The molecule has 1 aliphatic carbocycles. The average molecular weight is 232 g/mol. The molecule has 1 amide bonds. The fourth-order valence-electron chi connectivity index (χ4n) is 2.75. The molecule has 0 aliphatic heterocycles. The zero-order valence-electron chi connectivity index (χ0n) is 10.3. The van der Waals surface area contributed by atoms with Crippen molar-refractivity contribution >= 4 is 11.6 Å². The SMILES string of the molecule is CC1CCCC(Nc2ccccc2)(C(N)=O)C1. The van der Waals surface area contributed by atoms with Gasteiger partial charge in [-0.1, -0.05) is 38.0 Å². The zero-order chi connectivity index (χ0) is 12.3. The van der Waals surface area contributed by atoms with E-state index in [0.29, 0.717) is 5.92 Å². The molecule has 0 saturated heterocycles. The lowest BCUT2D eigenvalue weighted by molar-refractivity contribution is -0.123. The lowest BCUT2D eigenvalue weighted by atomic mass is 9.75. The summed E-state index contributed by atoms with van der Waals surface area (Å²) in [5, 5.41) is 3.35. The Kier molecular flexibility index (Phi) is 3.36. The minimum absolute atomic E-state index is 0.229. The van der Waals surface area contributed by atoms with E-state index in [2.05, 4.69) is 12.2 Å². The van der Waals surface area contributed by atoms with E-state index in [1.54, 1.807) is 0 Å². The monoisotopic (exact) mass is 232 g/mol. The van der Waals surface area contributed by atoms with Crippen molar-refractivity contribution in [1.82, 2.24) is 0 Å². The number of para-hydroxylation sites is 1. The van der Waals surface area contributed by atoms with E-state index in [0.717, 1.165) is 24.9 Å². The smallest absolute Gasteiger partial charge is 0.243 e. The summed E-state index contributed by atoms with van der Waals surface area (Å²) in [7, 11) is 0. The van der Waals surface area contributed by atoms with E-state index >= 15 is 0 Å². The molecule has 0 heterocycles. The first kappa shape index (κ1) is 12.0. The molecule has 2 unspecified atom stereocenters. The van der Waals surface area contributed by atoms with Crippen LogP contribution in [0.25, 0.3) is 0 Å². The molecule has 1 aromatic rings. The summed E-state index contributed by atoms with van der Waals surface area (Å²) in [4.78, 5) is 11.8. The number of nitrogens with two attached hydrogens (primary N) is 1. The topological polar surface area (TPSA) is 55.1 Å². The van der Waals surface area contributed by atoms with Crippen molar-refractivity contribution in [1.29, 1.82) is 0 Å². The van der Waals surface area contributed by atoms with Crippen LogP contribution in [0.15, 0.2) is 30.3 Å². The zero-order valence-corrected chi connectivity index (χ0v) is 10.3. The van der Waals surface area contributed by atoms with Crippen molar-refractivity contribution in [2.75, 3.05) is 5.32 Å². The van der Waals surface area contributed by atoms with Gasteiger partial charge in [-0.05, 0) is 30.9 Å². The van der Waals surface area contributed by atoms with Gasteiger partial charge in [0.1, 0.15) is 5.54 Å². The summed E-state index contributed by atoms with van der Waals surface area (Å²) in [6.07, 6.45) is 3.91. The highest BCUT2D eigenvalue weighted by molar-refractivity contribution is 5.88. The summed E-state index contributed by atoms with van der Waals surface area (Å²) >= 11 is 0. The fourth-order valence-corrected chi connectivity index (χ4v) is 2.75. The molecule has 0 radical (unpaired) electrons. The van der Waals surface area contributed by atoms with Crippen LogP contribution in [-0.2, 0) is 4.79 Å². The van der Waals surface area contributed by atoms with Crippen molar-refractivity contribution in [3.05, 3.63) is 30.3 Å². The van der Waals surface area contributed by atoms with E-state index in [4.69, 9.17) is 5.73 Å². The van der Waals surface area contributed by atoms with Gasteiger partial charge in [-0.2, -0.15) is 0 Å². The molecule has 0 aromatic heterocycles. The van der Waals surface area contributed by atoms with E-state index in [-0.39, 0.29) is 5.91 Å². The number of anilines is 1. The number of hydrogen-bond acceptors (Lipinski definition) is 2. The molecule has 1 fully saturated rings. The third-order valence-corrected chi connectivity index (χ3v) is 3.63. The maximum Gasteiger partial charge on any atom is 0.243 e. The first-order chi connectivity index (χ1) is 8.12. The molecule has 2 rings (SSSR count). The Bertz CT molecular complexity index is 390. The van der Waals surface area contributed by atoms with Crippen molar-refractivity contribution < 1.29 is 4.79 Å². The number of amides is 1. The van der Waals surface area contributed by atoms with Gasteiger partial charge in [0.05, 0.1) is 0 Å². The first-order valence-electron chi connectivity index (χ1n) is 6.25. The minimum Gasteiger partial charge on any atom is -0.371 e. The van der Waals surface area contributed by atoms with E-state index in [1.807, 2.05) is 30.3 Å². The number of nitrogens with one attached hydrogen (secondary N) is 1. The van der Waals surface area contributed by atoms with Crippen LogP contribution in [0.5, 0.6) is 0 Å². The Balaban J connectivity index is 2.20. The number of rotatable bonds is 3. The van der Waals surface area contributed by atoms with Gasteiger partial charge in [-0.25, -0.2) is 0 Å². The van der Waals surface area contributed by atoms with Gasteiger partial charge < -0.3 is 11.1 Å². The highest BCUT2D eigenvalue weighted by atomic mass is 16.1. The number of primary amides is 1. The molecule has 1 aliphatic rings. The number of benzene rings is 1. The molecule has 0 spiro atoms. The summed E-state index contributed by atoms with van der Waals surface area (Å²) in [5.74, 6) is 0.320. The largest absolute Gasteiger partial charge is 0.371 e. The van der Waals surface area contributed by atoms with Crippen LogP contribution in [0.4, 0.5) is 5.69 Å². The summed E-state index contributed by atoms with van der Waals surface area (Å²) < 4.78 is 0. The van der Waals surface area contributed by atoms with Gasteiger partial charge >= 0.3 is 0 Å². The first-order valence-corrected chi connectivity index (χ1v) is 6.25. The number of carbonyl (C=O) groups excluding carboxylic acids is 1. The van der Waals surface area contributed by atoms with Gasteiger partial charge in [0.2, 0.25) is 5.91 Å². The molecule has 2 atom stereocenters. The van der Waals surface area contributed by atoms with Gasteiger partial charge in [0.15, 0.2) is 0 Å². The van der Waals surface area contributed by atoms with Crippen molar-refractivity contribution in [3.63, 3.8) is 0 Å². The Hall–Kier alpha value is -1.51. The molecule has 3 heteroatoms. The van der Waals surface area contributed by atoms with Gasteiger partial charge in [-0.3, -0.25) is 4.79 Å². The second-order valence-electron chi connectivity index (χ2n) is 5.14. The molecule has 17 heavy (non-hydrogen) atoms. The maximum absolute atomic E-state index is 11.8. The van der Waals surface area contributed by atoms with Crippen LogP contribution in [-0.4, -0.2) is 11.4 Å². The van der Waals surface area contributed by atoms with Crippen LogP contribution in [0.1, 0.15) is 32.6 Å². The van der Waals surface area contributed by atoms with Crippen molar-refractivity contribution in [2.45, 2.75) is 38.1 Å². The molecule has 0 bridgehead atoms. The summed E-state index contributed by atoms with van der Waals surface area (Å²) in [6.45, 7) is 2.18. The molecule has 1 aromatic carbocycles. The van der Waals surface area contributed by atoms with Crippen LogP contribution in [0, 0.1) is 5.92 Å². The van der Waals surface area contributed by atoms with Gasteiger partial charge in [-0.15, -0.1) is 0 Å². The maximum atomic E-state index is 11.8. The van der Waals surface area contributed by atoms with E-state index < -0.39 is 5.54 Å². The normalized spacial score (nSPS) is 28.6. The van der Waals surface area contributed by atoms with Crippen molar-refractivity contribution in [3.8, 4) is 0 Å². The quantitative estimate of drug-likeness (QED) is 0.841. The molecule has 92 valence electrons. The lowest BCUT2D eigenvalue weighted by Crippen LogP contribution is -2.53. The lowest BCUT2D eigenvalue weighted by Gasteiger charge is -2.38. The minimum atomic E-state index is -0.557. The third kappa shape index (κ3) is 2.60. The standard InChI is InChI=1S/C14H20N2O/c1-11-6-5-9-14(10-11,13(15)17)16-12-7-3-2-4-8-12/h2-4,7-8,11,16H,5-6,9-10H2,1H3,(H2,15,17). The molecule has 3 nitrogen and oxygen atoms in total. The predicted octanol–water partition coefficient (Wildman–Crippen LogP) is 2.53. The Morgan fingerprint density at radius 2 is 2.12 bits per heavy atom. The van der Waals surface area contributed by atoms with Crippen LogP contribution >= 0.6 is 0 Å². The highest BCUT2D eigenvalue weighted by Gasteiger charge is 2.40. The van der Waals surface area contributed by atoms with Crippen molar-refractivity contribution in [2.24, 2.45) is 11.7 Å².